The highest BCUT2D eigenvalue weighted by molar-refractivity contribution is 4.99. The van der Waals surface area contributed by atoms with E-state index in [4.69, 9.17) is 4.42 Å². The summed E-state index contributed by atoms with van der Waals surface area (Å²) < 4.78 is 5.34. The third kappa shape index (κ3) is 5.89. The van der Waals surface area contributed by atoms with Crippen LogP contribution in [0, 0.1) is 0 Å². The van der Waals surface area contributed by atoms with E-state index >= 15 is 0 Å². The summed E-state index contributed by atoms with van der Waals surface area (Å²) in [6.45, 7) is 11.2. The molecular weight excluding hydrogens is 212 g/mol. The first-order valence-corrected chi connectivity index (χ1v) is 6.74. The van der Waals surface area contributed by atoms with Crippen LogP contribution in [0.25, 0.3) is 0 Å². The molecule has 0 saturated heterocycles. The maximum absolute atomic E-state index is 5.34. The molecule has 17 heavy (non-hydrogen) atoms. The third-order valence-electron chi connectivity index (χ3n) is 3.13. The van der Waals surface area contributed by atoms with Crippen molar-refractivity contribution in [2.75, 3.05) is 26.2 Å². The second kappa shape index (κ2) is 8.31. The highest BCUT2D eigenvalue weighted by atomic mass is 16.3. The number of nitrogens with zero attached hydrogens (tertiary/aromatic N) is 1. The van der Waals surface area contributed by atoms with Gasteiger partial charge in [-0.2, -0.15) is 0 Å². The van der Waals surface area contributed by atoms with E-state index in [0.717, 1.165) is 31.8 Å². The molecule has 1 aromatic rings. The summed E-state index contributed by atoms with van der Waals surface area (Å²) in [4.78, 5) is 2.46. The van der Waals surface area contributed by atoms with Crippen molar-refractivity contribution in [1.29, 1.82) is 0 Å². The first-order valence-electron chi connectivity index (χ1n) is 6.74. The Bertz CT molecular complexity index is 268. The van der Waals surface area contributed by atoms with Gasteiger partial charge in [0.2, 0.25) is 0 Å². The zero-order valence-electron chi connectivity index (χ0n) is 11.4. The topological polar surface area (TPSA) is 28.4 Å². The molecule has 0 aromatic carbocycles. The summed E-state index contributed by atoms with van der Waals surface area (Å²) in [7, 11) is 0. The molecule has 3 nitrogen and oxygen atoms in total. The molecule has 0 aliphatic heterocycles. The SMILES string of the molecule is CCN(CC)CCCNC(C)Cc1ccco1. The van der Waals surface area contributed by atoms with Gasteiger partial charge in [-0.15, -0.1) is 0 Å². The second-order valence-electron chi connectivity index (χ2n) is 4.52. The van der Waals surface area contributed by atoms with Crippen molar-refractivity contribution in [3.8, 4) is 0 Å². The highest BCUT2D eigenvalue weighted by Crippen LogP contribution is 2.03. The Morgan fingerprint density at radius 1 is 1.35 bits per heavy atom. The molecular formula is C14H26N2O. The van der Waals surface area contributed by atoms with Gasteiger partial charge in [0.15, 0.2) is 0 Å². The first-order chi connectivity index (χ1) is 8.26. The molecule has 1 aromatic heterocycles. The van der Waals surface area contributed by atoms with Crippen LogP contribution in [0.1, 0.15) is 33.0 Å². The van der Waals surface area contributed by atoms with Gasteiger partial charge in [0.1, 0.15) is 5.76 Å². The summed E-state index contributed by atoms with van der Waals surface area (Å²) in [6, 6.07) is 4.47. The zero-order valence-corrected chi connectivity index (χ0v) is 11.4. The number of hydrogen-bond donors (Lipinski definition) is 1. The van der Waals surface area contributed by atoms with E-state index in [0.29, 0.717) is 6.04 Å². The predicted molar refractivity (Wildman–Crippen MR) is 72.3 cm³/mol. The Morgan fingerprint density at radius 2 is 2.12 bits per heavy atom. The van der Waals surface area contributed by atoms with Crippen LogP contribution in [0.4, 0.5) is 0 Å². The van der Waals surface area contributed by atoms with E-state index in [-0.39, 0.29) is 0 Å². The molecule has 1 N–H and O–H groups in total. The van der Waals surface area contributed by atoms with Crippen LogP contribution in [-0.4, -0.2) is 37.1 Å². The fourth-order valence-electron chi connectivity index (χ4n) is 1.99. The summed E-state index contributed by atoms with van der Waals surface area (Å²) in [5.41, 5.74) is 0. The van der Waals surface area contributed by atoms with Crippen molar-refractivity contribution >= 4 is 0 Å². The van der Waals surface area contributed by atoms with E-state index < -0.39 is 0 Å². The van der Waals surface area contributed by atoms with Crippen LogP contribution < -0.4 is 5.32 Å². The molecule has 0 bridgehead atoms. The Labute approximate surface area is 105 Å². The Balaban J connectivity index is 2.06. The minimum absolute atomic E-state index is 0.484. The van der Waals surface area contributed by atoms with Crippen molar-refractivity contribution in [3.63, 3.8) is 0 Å². The van der Waals surface area contributed by atoms with Crippen LogP contribution >= 0.6 is 0 Å². The fourth-order valence-corrected chi connectivity index (χ4v) is 1.99. The Morgan fingerprint density at radius 3 is 2.71 bits per heavy atom. The van der Waals surface area contributed by atoms with E-state index in [9.17, 15) is 0 Å². The molecule has 0 amide bonds. The number of furan rings is 1. The average molecular weight is 238 g/mol. The predicted octanol–water partition coefficient (Wildman–Crippen LogP) is 2.53. The lowest BCUT2D eigenvalue weighted by molar-refractivity contribution is 0.295. The summed E-state index contributed by atoms with van der Waals surface area (Å²) in [5.74, 6) is 1.06. The minimum Gasteiger partial charge on any atom is -0.469 e. The summed E-state index contributed by atoms with van der Waals surface area (Å²) >= 11 is 0. The quantitative estimate of drug-likeness (QED) is 0.670. The van der Waals surface area contributed by atoms with E-state index in [2.05, 4.69) is 31.0 Å². The largest absolute Gasteiger partial charge is 0.469 e. The molecule has 1 heterocycles. The maximum atomic E-state index is 5.34. The molecule has 3 heteroatoms. The normalized spacial score (nSPS) is 13.2. The monoisotopic (exact) mass is 238 g/mol. The second-order valence-corrected chi connectivity index (χ2v) is 4.52. The molecule has 0 fully saturated rings. The zero-order chi connectivity index (χ0) is 12.5. The number of nitrogens with one attached hydrogen (secondary N) is 1. The average Bonchev–Trinajstić information content (AvgIpc) is 2.82. The molecule has 0 radical (unpaired) electrons. The molecule has 0 spiro atoms. The standard InChI is InChI=1S/C14H26N2O/c1-4-16(5-2)10-7-9-15-13(3)12-14-8-6-11-17-14/h6,8,11,13,15H,4-5,7,9-10,12H2,1-3H3. The van der Waals surface area contributed by atoms with E-state index in [1.54, 1.807) is 6.26 Å². The van der Waals surface area contributed by atoms with Gasteiger partial charge in [-0.1, -0.05) is 13.8 Å². The van der Waals surface area contributed by atoms with Crippen molar-refractivity contribution in [1.82, 2.24) is 10.2 Å². The van der Waals surface area contributed by atoms with Gasteiger partial charge in [0.25, 0.3) is 0 Å². The van der Waals surface area contributed by atoms with Crippen LogP contribution in [0.15, 0.2) is 22.8 Å². The van der Waals surface area contributed by atoms with Crippen molar-refractivity contribution < 1.29 is 4.42 Å². The van der Waals surface area contributed by atoms with Crippen LogP contribution in [-0.2, 0) is 6.42 Å². The van der Waals surface area contributed by atoms with Gasteiger partial charge in [-0.3, -0.25) is 0 Å². The van der Waals surface area contributed by atoms with Gasteiger partial charge in [0.05, 0.1) is 6.26 Å². The molecule has 0 aliphatic carbocycles. The third-order valence-corrected chi connectivity index (χ3v) is 3.13. The smallest absolute Gasteiger partial charge is 0.105 e. The van der Waals surface area contributed by atoms with Crippen LogP contribution in [0.3, 0.4) is 0 Å². The lowest BCUT2D eigenvalue weighted by Gasteiger charge is -2.19. The van der Waals surface area contributed by atoms with Gasteiger partial charge in [0, 0.05) is 12.5 Å². The summed E-state index contributed by atoms with van der Waals surface area (Å²) in [5, 5.41) is 3.54. The van der Waals surface area contributed by atoms with Crippen molar-refractivity contribution in [3.05, 3.63) is 24.2 Å². The fraction of sp³-hybridized carbons (Fsp3) is 0.714. The Hall–Kier alpha value is -0.800. The molecule has 1 unspecified atom stereocenters. The molecule has 1 atom stereocenters. The van der Waals surface area contributed by atoms with E-state index in [1.165, 1.54) is 13.0 Å². The van der Waals surface area contributed by atoms with Gasteiger partial charge in [-0.25, -0.2) is 0 Å². The minimum atomic E-state index is 0.484. The highest BCUT2D eigenvalue weighted by Gasteiger charge is 2.05. The van der Waals surface area contributed by atoms with Crippen LogP contribution in [0.2, 0.25) is 0 Å². The molecule has 0 saturated carbocycles. The van der Waals surface area contributed by atoms with Gasteiger partial charge >= 0.3 is 0 Å². The van der Waals surface area contributed by atoms with Crippen LogP contribution in [0.5, 0.6) is 0 Å². The number of hydrogen-bond acceptors (Lipinski definition) is 3. The molecule has 0 aliphatic rings. The van der Waals surface area contributed by atoms with Crippen molar-refractivity contribution in [2.45, 2.75) is 39.7 Å². The van der Waals surface area contributed by atoms with E-state index in [1.807, 2.05) is 12.1 Å². The molecule has 98 valence electrons. The molecule has 1 rings (SSSR count). The van der Waals surface area contributed by atoms with Gasteiger partial charge < -0.3 is 14.6 Å². The Kier molecular flexibility index (Phi) is 6.97. The first kappa shape index (κ1) is 14.3. The lowest BCUT2D eigenvalue weighted by atomic mass is 10.2. The number of rotatable bonds is 9. The maximum Gasteiger partial charge on any atom is 0.105 e. The summed E-state index contributed by atoms with van der Waals surface area (Å²) in [6.07, 6.45) is 3.92. The van der Waals surface area contributed by atoms with Crippen molar-refractivity contribution in [2.24, 2.45) is 0 Å². The lowest BCUT2D eigenvalue weighted by Crippen LogP contribution is -2.32. The van der Waals surface area contributed by atoms with Gasteiger partial charge in [-0.05, 0) is 51.7 Å².